The Bertz CT molecular complexity index is 1410. The zero-order chi connectivity index (χ0) is 24.4. The minimum absolute atomic E-state index is 0.142. The Morgan fingerprint density at radius 1 is 1.06 bits per heavy atom. The third-order valence-electron chi connectivity index (χ3n) is 6.20. The van der Waals surface area contributed by atoms with Gasteiger partial charge in [-0.25, -0.2) is 4.98 Å². The third-order valence-corrected chi connectivity index (χ3v) is 6.20. The number of methoxy groups -OCH3 is 1. The molecule has 1 aromatic heterocycles. The Labute approximate surface area is 199 Å². The van der Waals surface area contributed by atoms with Gasteiger partial charge in [0.25, 0.3) is 11.5 Å². The maximum atomic E-state index is 13.7. The second kappa shape index (κ2) is 9.51. The summed E-state index contributed by atoms with van der Waals surface area (Å²) in [4.78, 5) is 33.7. The van der Waals surface area contributed by atoms with Crippen molar-refractivity contribution in [1.82, 2.24) is 14.5 Å². The van der Waals surface area contributed by atoms with Crippen molar-refractivity contribution in [3.05, 3.63) is 99.6 Å². The number of hydrogen-bond donors (Lipinski definition) is 0. The van der Waals surface area contributed by atoms with Crippen LogP contribution in [0.1, 0.15) is 46.7 Å². The first-order chi connectivity index (χ1) is 16.3. The van der Waals surface area contributed by atoms with Gasteiger partial charge in [0.05, 0.1) is 29.7 Å². The molecule has 6 nitrogen and oxygen atoms in total. The van der Waals surface area contributed by atoms with Gasteiger partial charge in [-0.1, -0.05) is 36.8 Å². The van der Waals surface area contributed by atoms with Gasteiger partial charge in [-0.05, 0) is 68.3 Å². The van der Waals surface area contributed by atoms with Crippen molar-refractivity contribution in [2.24, 2.45) is 0 Å². The number of carbonyl (C=O) groups excluding carboxylic acids is 1. The number of aryl methyl sites for hydroxylation is 2. The molecule has 0 saturated carbocycles. The second-order valence-corrected chi connectivity index (χ2v) is 8.49. The molecule has 4 aromatic rings. The number of nitrogens with zero attached hydrogens (tertiary/aromatic N) is 3. The van der Waals surface area contributed by atoms with Gasteiger partial charge in [-0.3, -0.25) is 14.2 Å². The number of hydrogen-bond acceptors (Lipinski definition) is 4. The summed E-state index contributed by atoms with van der Waals surface area (Å²) in [7, 11) is 3.35. The van der Waals surface area contributed by atoms with Crippen LogP contribution in [0.25, 0.3) is 16.6 Å². The zero-order valence-corrected chi connectivity index (χ0v) is 20.2. The number of ether oxygens (including phenoxy) is 1. The van der Waals surface area contributed by atoms with E-state index in [2.05, 4.69) is 0 Å². The smallest absolute Gasteiger partial charge is 0.266 e. The maximum absolute atomic E-state index is 13.7. The summed E-state index contributed by atoms with van der Waals surface area (Å²) in [5.41, 5.74) is 3.88. The largest absolute Gasteiger partial charge is 0.497 e. The zero-order valence-electron chi connectivity index (χ0n) is 20.2. The third kappa shape index (κ3) is 4.19. The highest BCUT2D eigenvalue weighted by Crippen LogP contribution is 2.28. The van der Waals surface area contributed by atoms with Gasteiger partial charge in [0.1, 0.15) is 11.6 Å². The van der Waals surface area contributed by atoms with Gasteiger partial charge >= 0.3 is 0 Å². The molecular formula is C28H29N3O3. The van der Waals surface area contributed by atoms with Crippen molar-refractivity contribution in [2.45, 2.75) is 33.2 Å². The number of para-hydroxylation sites is 1. The first-order valence-electron chi connectivity index (χ1n) is 11.4. The van der Waals surface area contributed by atoms with Crippen molar-refractivity contribution >= 4 is 16.8 Å². The lowest BCUT2D eigenvalue weighted by molar-refractivity contribution is 0.0717. The Kier molecular flexibility index (Phi) is 6.50. The first-order valence-corrected chi connectivity index (χ1v) is 11.4. The highest BCUT2D eigenvalue weighted by molar-refractivity contribution is 5.94. The lowest BCUT2D eigenvalue weighted by Crippen LogP contribution is -2.36. The lowest BCUT2D eigenvalue weighted by atomic mass is 10.1. The highest BCUT2D eigenvalue weighted by atomic mass is 16.5. The van der Waals surface area contributed by atoms with Crippen LogP contribution in [0.15, 0.2) is 71.5 Å². The SMILES string of the molecule is CCC(c1nc2ccccc2c(=O)n1-c1ccc(C)cc1C)N(C)C(=O)c1ccc(OC)cc1. The quantitative estimate of drug-likeness (QED) is 0.399. The van der Waals surface area contributed by atoms with Gasteiger partial charge in [0.2, 0.25) is 0 Å². The summed E-state index contributed by atoms with van der Waals surface area (Å²) in [5, 5.41) is 0.546. The Morgan fingerprint density at radius 2 is 1.76 bits per heavy atom. The molecule has 4 rings (SSSR count). The second-order valence-electron chi connectivity index (χ2n) is 8.49. The fourth-order valence-electron chi connectivity index (χ4n) is 4.37. The molecule has 0 N–H and O–H groups in total. The monoisotopic (exact) mass is 455 g/mol. The molecule has 1 heterocycles. The number of rotatable bonds is 6. The van der Waals surface area contributed by atoms with Crippen LogP contribution in [0.3, 0.4) is 0 Å². The Balaban J connectivity index is 1.90. The number of aromatic nitrogens is 2. The van der Waals surface area contributed by atoms with E-state index < -0.39 is 6.04 Å². The van der Waals surface area contributed by atoms with E-state index in [-0.39, 0.29) is 11.5 Å². The molecule has 0 saturated heterocycles. The minimum Gasteiger partial charge on any atom is -0.497 e. The Hall–Kier alpha value is -3.93. The first kappa shape index (κ1) is 23.2. The van der Waals surface area contributed by atoms with Crippen molar-refractivity contribution in [3.63, 3.8) is 0 Å². The topological polar surface area (TPSA) is 64.4 Å². The van der Waals surface area contributed by atoms with E-state index in [4.69, 9.17) is 9.72 Å². The average molecular weight is 456 g/mol. The molecule has 174 valence electrons. The molecule has 0 radical (unpaired) electrons. The van der Waals surface area contributed by atoms with E-state index in [0.717, 1.165) is 16.8 Å². The van der Waals surface area contributed by atoms with Gasteiger partial charge in [0.15, 0.2) is 0 Å². The van der Waals surface area contributed by atoms with E-state index in [9.17, 15) is 9.59 Å². The number of amides is 1. The van der Waals surface area contributed by atoms with Crippen LogP contribution < -0.4 is 10.3 Å². The normalized spacial score (nSPS) is 11.9. The summed E-state index contributed by atoms with van der Waals surface area (Å²) in [5.74, 6) is 1.08. The molecule has 6 heteroatoms. The molecule has 1 atom stereocenters. The fraction of sp³-hybridized carbons (Fsp3) is 0.250. The van der Waals surface area contributed by atoms with E-state index in [1.807, 2.05) is 57.2 Å². The van der Waals surface area contributed by atoms with Crippen molar-refractivity contribution in [1.29, 1.82) is 0 Å². The summed E-state index contributed by atoms with van der Waals surface area (Å²) >= 11 is 0. The van der Waals surface area contributed by atoms with E-state index in [1.165, 1.54) is 0 Å². The van der Waals surface area contributed by atoms with Crippen LogP contribution in [0, 0.1) is 13.8 Å². The number of benzene rings is 3. The van der Waals surface area contributed by atoms with E-state index >= 15 is 0 Å². The number of carbonyl (C=O) groups is 1. The summed E-state index contributed by atoms with van der Waals surface area (Å²) in [6.07, 6.45) is 0.591. The van der Waals surface area contributed by atoms with Crippen LogP contribution in [-0.2, 0) is 0 Å². The molecule has 3 aromatic carbocycles. The molecule has 0 spiro atoms. The molecule has 1 unspecified atom stereocenters. The van der Waals surface area contributed by atoms with Crippen LogP contribution in [-0.4, -0.2) is 34.5 Å². The highest BCUT2D eigenvalue weighted by Gasteiger charge is 2.27. The van der Waals surface area contributed by atoms with Crippen LogP contribution in [0.4, 0.5) is 0 Å². The van der Waals surface area contributed by atoms with Crippen molar-refractivity contribution in [2.75, 3.05) is 14.2 Å². The average Bonchev–Trinajstić information content (AvgIpc) is 2.85. The molecule has 0 fully saturated rings. The predicted octanol–water partition coefficient (Wildman–Crippen LogP) is 5.23. The number of fused-ring (bicyclic) bond motifs is 1. The van der Waals surface area contributed by atoms with Crippen LogP contribution >= 0.6 is 0 Å². The molecule has 0 bridgehead atoms. The molecule has 34 heavy (non-hydrogen) atoms. The minimum atomic E-state index is -0.410. The molecule has 0 aliphatic carbocycles. The van der Waals surface area contributed by atoms with E-state index in [0.29, 0.717) is 34.5 Å². The lowest BCUT2D eigenvalue weighted by Gasteiger charge is -2.29. The van der Waals surface area contributed by atoms with Crippen LogP contribution in [0.5, 0.6) is 5.75 Å². The fourth-order valence-corrected chi connectivity index (χ4v) is 4.37. The van der Waals surface area contributed by atoms with Gasteiger partial charge < -0.3 is 9.64 Å². The van der Waals surface area contributed by atoms with Crippen molar-refractivity contribution in [3.8, 4) is 11.4 Å². The molecule has 0 aliphatic rings. The summed E-state index contributed by atoms with van der Waals surface area (Å²) < 4.78 is 6.88. The van der Waals surface area contributed by atoms with Gasteiger partial charge in [0, 0.05) is 12.6 Å². The van der Waals surface area contributed by atoms with Crippen LogP contribution in [0.2, 0.25) is 0 Å². The van der Waals surface area contributed by atoms with Gasteiger partial charge in [-0.15, -0.1) is 0 Å². The molecule has 0 aliphatic heterocycles. The molecular weight excluding hydrogens is 426 g/mol. The van der Waals surface area contributed by atoms with E-state index in [1.54, 1.807) is 54.0 Å². The summed E-state index contributed by atoms with van der Waals surface area (Å²) in [6.45, 7) is 6.01. The van der Waals surface area contributed by atoms with Crippen molar-refractivity contribution < 1.29 is 9.53 Å². The standard InChI is InChI=1S/C28H29N3O3/c1-6-24(30(4)27(32)20-12-14-21(34-5)15-13-20)26-29-23-10-8-7-9-22(23)28(33)31(26)25-16-11-18(2)17-19(25)3/h7-17,24H,6H2,1-5H3. The maximum Gasteiger partial charge on any atom is 0.266 e. The Morgan fingerprint density at radius 3 is 2.41 bits per heavy atom. The van der Waals surface area contributed by atoms with Gasteiger partial charge in [-0.2, -0.15) is 0 Å². The summed E-state index contributed by atoms with van der Waals surface area (Å²) in [6, 6.07) is 19.9. The predicted molar refractivity (Wildman–Crippen MR) is 135 cm³/mol. The molecule has 1 amide bonds.